The van der Waals surface area contributed by atoms with Crippen LogP contribution in [0.4, 0.5) is 5.82 Å². The van der Waals surface area contributed by atoms with Crippen molar-refractivity contribution in [2.24, 2.45) is 0 Å². The number of fused-ring (bicyclic) bond motifs is 1. The van der Waals surface area contributed by atoms with E-state index in [4.69, 9.17) is 0 Å². The monoisotopic (exact) mass is 297 g/mol. The van der Waals surface area contributed by atoms with Crippen molar-refractivity contribution < 1.29 is 4.79 Å². The van der Waals surface area contributed by atoms with Gasteiger partial charge in [0, 0.05) is 16.7 Å². The van der Waals surface area contributed by atoms with Gasteiger partial charge in [0.05, 0.1) is 5.52 Å². The zero-order chi connectivity index (χ0) is 14.7. The number of rotatable bonds is 4. The Hall–Kier alpha value is -2.27. The molecule has 0 fully saturated rings. The van der Waals surface area contributed by atoms with Crippen molar-refractivity contribution in [1.82, 2.24) is 10.2 Å². The van der Waals surface area contributed by atoms with Crippen molar-refractivity contribution in [1.29, 1.82) is 0 Å². The minimum Gasteiger partial charge on any atom is -0.305 e. The smallest absolute Gasteiger partial charge is 0.256 e. The molecule has 21 heavy (non-hydrogen) atoms. The molecule has 1 amide bonds. The van der Waals surface area contributed by atoms with Crippen LogP contribution in [0.1, 0.15) is 15.9 Å². The van der Waals surface area contributed by atoms with Crippen molar-refractivity contribution in [3.63, 3.8) is 0 Å². The molecular weight excluding hydrogens is 282 g/mol. The van der Waals surface area contributed by atoms with Gasteiger partial charge in [0.1, 0.15) is 0 Å². The number of para-hydroxylation sites is 1. The van der Waals surface area contributed by atoms with Crippen LogP contribution in [0, 0.1) is 0 Å². The number of benzene rings is 2. The number of nitrogens with one attached hydrogen (secondary N) is 2. The van der Waals surface area contributed by atoms with Crippen molar-refractivity contribution in [2.45, 2.75) is 5.75 Å². The molecule has 106 valence electrons. The van der Waals surface area contributed by atoms with Gasteiger partial charge in [-0.1, -0.05) is 24.3 Å². The van der Waals surface area contributed by atoms with Gasteiger partial charge in [-0.15, -0.1) is 0 Å². The van der Waals surface area contributed by atoms with Crippen LogP contribution in [0.15, 0.2) is 48.5 Å². The third-order valence-corrected chi connectivity index (χ3v) is 3.82. The first-order valence-corrected chi connectivity index (χ1v) is 7.99. The third-order valence-electron chi connectivity index (χ3n) is 3.20. The lowest BCUT2D eigenvalue weighted by Gasteiger charge is -2.05. The molecule has 2 aromatic carbocycles. The van der Waals surface area contributed by atoms with E-state index < -0.39 is 0 Å². The van der Waals surface area contributed by atoms with Gasteiger partial charge in [-0.25, -0.2) is 0 Å². The van der Waals surface area contributed by atoms with E-state index in [2.05, 4.69) is 15.5 Å². The van der Waals surface area contributed by atoms with Crippen LogP contribution in [0.25, 0.3) is 10.9 Å². The minimum absolute atomic E-state index is 0.143. The molecule has 0 bridgehead atoms. The van der Waals surface area contributed by atoms with Crippen LogP contribution in [0.3, 0.4) is 0 Å². The van der Waals surface area contributed by atoms with Crippen molar-refractivity contribution in [2.75, 3.05) is 11.6 Å². The summed E-state index contributed by atoms with van der Waals surface area (Å²) in [5.41, 5.74) is 2.69. The summed E-state index contributed by atoms with van der Waals surface area (Å²) < 4.78 is 0. The number of aromatic amines is 1. The van der Waals surface area contributed by atoms with E-state index in [0.29, 0.717) is 11.4 Å². The maximum absolute atomic E-state index is 12.3. The molecule has 0 saturated carbocycles. The normalized spacial score (nSPS) is 10.7. The van der Waals surface area contributed by atoms with Gasteiger partial charge in [0.25, 0.3) is 5.91 Å². The van der Waals surface area contributed by atoms with Gasteiger partial charge in [0.15, 0.2) is 5.82 Å². The molecule has 4 nitrogen and oxygen atoms in total. The molecule has 0 aliphatic rings. The maximum Gasteiger partial charge on any atom is 0.256 e. The lowest BCUT2D eigenvalue weighted by atomic mass is 10.1. The Bertz CT molecular complexity index is 782. The SMILES string of the molecule is CSCc1cccc(C(=O)Nc2n[nH]c3ccccc23)c1. The summed E-state index contributed by atoms with van der Waals surface area (Å²) in [4.78, 5) is 12.3. The van der Waals surface area contributed by atoms with Gasteiger partial charge in [-0.2, -0.15) is 16.9 Å². The average Bonchev–Trinajstić information content (AvgIpc) is 2.91. The standard InChI is InChI=1S/C16H15N3OS/c1-21-10-11-5-4-6-12(9-11)16(20)17-15-13-7-2-3-8-14(13)18-19-15/h2-9H,10H2,1H3,(H2,17,18,19,20). The Morgan fingerprint density at radius 3 is 2.95 bits per heavy atom. The van der Waals surface area contributed by atoms with Crippen LogP contribution < -0.4 is 5.32 Å². The number of H-pyrrole nitrogens is 1. The summed E-state index contributed by atoms with van der Waals surface area (Å²) in [5, 5.41) is 10.8. The molecule has 3 aromatic rings. The van der Waals surface area contributed by atoms with E-state index in [1.165, 1.54) is 0 Å². The number of anilines is 1. The minimum atomic E-state index is -0.143. The number of nitrogens with zero attached hydrogens (tertiary/aromatic N) is 1. The van der Waals surface area contributed by atoms with Gasteiger partial charge >= 0.3 is 0 Å². The van der Waals surface area contributed by atoms with E-state index in [9.17, 15) is 4.79 Å². The van der Waals surface area contributed by atoms with E-state index in [0.717, 1.165) is 22.2 Å². The Morgan fingerprint density at radius 2 is 2.10 bits per heavy atom. The average molecular weight is 297 g/mol. The lowest BCUT2D eigenvalue weighted by molar-refractivity contribution is 0.102. The summed E-state index contributed by atoms with van der Waals surface area (Å²) in [5.74, 6) is 1.31. The lowest BCUT2D eigenvalue weighted by Crippen LogP contribution is -2.12. The molecule has 1 heterocycles. The Labute approximate surface area is 126 Å². The van der Waals surface area contributed by atoms with Gasteiger partial charge in [0.2, 0.25) is 0 Å². The molecule has 0 aliphatic carbocycles. The topological polar surface area (TPSA) is 57.8 Å². The number of thioether (sulfide) groups is 1. The molecule has 0 atom stereocenters. The molecule has 0 saturated heterocycles. The quantitative estimate of drug-likeness (QED) is 0.772. The Kier molecular flexibility index (Phi) is 3.92. The second-order valence-corrected chi connectivity index (χ2v) is 5.57. The second-order valence-electron chi connectivity index (χ2n) is 4.71. The predicted octanol–water partition coefficient (Wildman–Crippen LogP) is 3.68. The van der Waals surface area contributed by atoms with E-state index in [1.807, 2.05) is 54.8 Å². The summed E-state index contributed by atoms with van der Waals surface area (Å²) in [6, 6.07) is 15.4. The van der Waals surface area contributed by atoms with Crippen molar-refractivity contribution in [3.8, 4) is 0 Å². The first-order valence-electron chi connectivity index (χ1n) is 6.60. The van der Waals surface area contributed by atoms with Gasteiger partial charge in [-0.05, 0) is 36.1 Å². The first kappa shape index (κ1) is 13.7. The maximum atomic E-state index is 12.3. The van der Waals surface area contributed by atoms with Crippen LogP contribution in [0.5, 0.6) is 0 Å². The Balaban J connectivity index is 1.84. The van der Waals surface area contributed by atoms with Crippen LogP contribution in [0.2, 0.25) is 0 Å². The Morgan fingerprint density at radius 1 is 1.24 bits per heavy atom. The molecule has 0 radical (unpaired) electrons. The zero-order valence-corrected chi connectivity index (χ0v) is 12.4. The van der Waals surface area contributed by atoms with Crippen LogP contribution >= 0.6 is 11.8 Å². The molecule has 2 N–H and O–H groups in total. The fraction of sp³-hybridized carbons (Fsp3) is 0.125. The van der Waals surface area contributed by atoms with Crippen LogP contribution in [-0.4, -0.2) is 22.4 Å². The molecule has 1 aromatic heterocycles. The summed E-state index contributed by atoms with van der Waals surface area (Å²) in [7, 11) is 0. The molecule has 0 unspecified atom stereocenters. The van der Waals surface area contributed by atoms with Crippen LogP contribution in [-0.2, 0) is 5.75 Å². The van der Waals surface area contributed by atoms with E-state index in [1.54, 1.807) is 11.8 Å². The van der Waals surface area contributed by atoms with E-state index >= 15 is 0 Å². The molecule has 5 heteroatoms. The number of hydrogen-bond donors (Lipinski definition) is 2. The summed E-state index contributed by atoms with van der Waals surface area (Å²) >= 11 is 1.73. The molecule has 0 aliphatic heterocycles. The predicted molar refractivity (Wildman–Crippen MR) is 87.7 cm³/mol. The highest BCUT2D eigenvalue weighted by Gasteiger charge is 2.11. The summed E-state index contributed by atoms with van der Waals surface area (Å²) in [6.45, 7) is 0. The second kappa shape index (κ2) is 6.01. The number of carbonyl (C=O) groups excluding carboxylic acids is 1. The largest absolute Gasteiger partial charge is 0.305 e. The molecular formula is C16H15N3OS. The van der Waals surface area contributed by atoms with Gasteiger partial charge in [-0.3, -0.25) is 9.89 Å². The third kappa shape index (κ3) is 2.92. The highest BCUT2D eigenvalue weighted by molar-refractivity contribution is 7.97. The van der Waals surface area contributed by atoms with E-state index in [-0.39, 0.29) is 5.91 Å². The fourth-order valence-electron chi connectivity index (χ4n) is 2.21. The molecule has 3 rings (SSSR count). The number of hydrogen-bond acceptors (Lipinski definition) is 3. The zero-order valence-electron chi connectivity index (χ0n) is 11.6. The first-order chi connectivity index (χ1) is 10.3. The van der Waals surface area contributed by atoms with Crippen molar-refractivity contribution in [3.05, 3.63) is 59.7 Å². The highest BCUT2D eigenvalue weighted by Crippen LogP contribution is 2.20. The molecule has 0 spiro atoms. The number of amides is 1. The van der Waals surface area contributed by atoms with Crippen molar-refractivity contribution >= 4 is 34.4 Å². The highest BCUT2D eigenvalue weighted by atomic mass is 32.2. The number of aromatic nitrogens is 2. The summed E-state index contributed by atoms with van der Waals surface area (Å²) in [6.07, 6.45) is 2.04. The fourth-order valence-corrected chi connectivity index (χ4v) is 2.72. The van der Waals surface area contributed by atoms with Gasteiger partial charge < -0.3 is 5.32 Å². The number of carbonyl (C=O) groups is 1.